The summed E-state index contributed by atoms with van der Waals surface area (Å²) in [6.07, 6.45) is 1.57. The zero-order valence-corrected chi connectivity index (χ0v) is 10.9. The summed E-state index contributed by atoms with van der Waals surface area (Å²) in [5.74, 6) is 0. The highest BCUT2D eigenvalue weighted by Gasteiger charge is 2.08. The van der Waals surface area contributed by atoms with E-state index in [-0.39, 0.29) is 0 Å². The maximum atomic E-state index is 8.86. The fourth-order valence-electron chi connectivity index (χ4n) is 1.22. The molecular weight excluding hydrogens is 275 g/mol. The van der Waals surface area contributed by atoms with E-state index in [0.717, 1.165) is 4.90 Å². The molecule has 0 aliphatic rings. The van der Waals surface area contributed by atoms with Gasteiger partial charge in [-0.1, -0.05) is 41.0 Å². The number of hydrogen-bond donors (Lipinski definition) is 0. The molecule has 5 heteroatoms. The minimum absolute atomic E-state index is 0.375. The number of benzene rings is 1. The van der Waals surface area contributed by atoms with Gasteiger partial charge < -0.3 is 0 Å². The van der Waals surface area contributed by atoms with Crippen molar-refractivity contribution in [1.82, 2.24) is 4.98 Å². The Morgan fingerprint density at radius 2 is 2.06 bits per heavy atom. The lowest BCUT2D eigenvalue weighted by molar-refractivity contribution is 1.12. The third kappa shape index (κ3) is 2.92. The van der Waals surface area contributed by atoms with Crippen molar-refractivity contribution in [2.24, 2.45) is 0 Å². The molecule has 2 rings (SSSR count). The number of hydrogen-bond acceptors (Lipinski definition) is 3. The van der Waals surface area contributed by atoms with Crippen LogP contribution < -0.4 is 0 Å². The van der Waals surface area contributed by atoms with Gasteiger partial charge in [0.2, 0.25) is 0 Å². The Bertz CT molecular complexity index is 593. The predicted molar refractivity (Wildman–Crippen MR) is 69.5 cm³/mol. The quantitative estimate of drug-likeness (QED) is 0.818. The van der Waals surface area contributed by atoms with Gasteiger partial charge in [-0.15, -0.1) is 0 Å². The van der Waals surface area contributed by atoms with Crippen LogP contribution in [0.4, 0.5) is 0 Å². The molecule has 0 fully saturated rings. The summed E-state index contributed by atoms with van der Waals surface area (Å²) >= 11 is 13.3. The third-order valence-electron chi connectivity index (χ3n) is 1.99. The van der Waals surface area contributed by atoms with Crippen LogP contribution in [0.1, 0.15) is 5.56 Å². The lowest BCUT2D eigenvalue weighted by Gasteiger charge is -2.04. The summed E-state index contributed by atoms with van der Waals surface area (Å²) in [5, 5.41) is 10.5. The number of pyridine rings is 1. The van der Waals surface area contributed by atoms with Crippen LogP contribution >= 0.6 is 35.0 Å². The first-order valence-electron chi connectivity index (χ1n) is 4.69. The van der Waals surface area contributed by atoms with Crippen molar-refractivity contribution in [1.29, 1.82) is 5.26 Å². The molecule has 0 aliphatic heterocycles. The van der Waals surface area contributed by atoms with Crippen LogP contribution in [-0.4, -0.2) is 4.98 Å². The van der Waals surface area contributed by atoms with Gasteiger partial charge in [-0.3, -0.25) is 0 Å². The molecule has 84 valence electrons. The molecule has 1 heterocycles. The van der Waals surface area contributed by atoms with Gasteiger partial charge >= 0.3 is 0 Å². The van der Waals surface area contributed by atoms with Crippen LogP contribution in [0.5, 0.6) is 0 Å². The normalized spacial score (nSPS) is 9.94. The van der Waals surface area contributed by atoms with E-state index in [0.29, 0.717) is 20.6 Å². The second-order valence-corrected chi connectivity index (χ2v) is 5.03. The van der Waals surface area contributed by atoms with Crippen molar-refractivity contribution in [3.05, 3.63) is 52.1 Å². The van der Waals surface area contributed by atoms with E-state index in [1.807, 2.05) is 24.3 Å². The fourth-order valence-corrected chi connectivity index (χ4v) is 2.62. The predicted octanol–water partition coefficient (Wildman–Crippen LogP) is 4.41. The molecule has 17 heavy (non-hydrogen) atoms. The zero-order valence-electron chi connectivity index (χ0n) is 8.52. The van der Waals surface area contributed by atoms with Crippen molar-refractivity contribution in [2.45, 2.75) is 9.92 Å². The zero-order chi connectivity index (χ0) is 12.3. The van der Waals surface area contributed by atoms with Gasteiger partial charge in [-0.05, 0) is 24.3 Å². The van der Waals surface area contributed by atoms with E-state index in [1.54, 1.807) is 18.3 Å². The Morgan fingerprint density at radius 1 is 1.24 bits per heavy atom. The summed E-state index contributed by atoms with van der Waals surface area (Å²) in [5.41, 5.74) is 0.422. The molecule has 2 nitrogen and oxygen atoms in total. The maximum absolute atomic E-state index is 8.86. The van der Waals surface area contributed by atoms with E-state index in [4.69, 9.17) is 28.5 Å². The van der Waals surface area contributed by atoms with Crippen molar-refractivity contribution < 1.29 is 0 Å². The molecule has 0 amide bonds. The molecule has 1 aromatic carbocycles. The molecule has 2 aromatic rings. The average molecular weight is 281 g/mol. The van der Waals surface area contributed by atoms with Gasteiger partial charge in [0.1, 0.15) is 11.1 Å². The number of aromatic nitrogens is 1. The standard InChI is InChI=1S/C12H6Cl2N2S/c13-9-2-1-3-10(6-9)17-12-11(14)8(7-15)4-5-16-12/h1-6H. The average Bonchev–Trinajstić information content (AvgIpc) is 2.32. The molecule has 0 bridgehead atoms. The van der Waals surface area contributed by atoms with Gasteiger partial charge in [0.15, 0.2) is 0 Å². The first kappa shape index (κ1) is 12.3. The van der Waals surface area contributed by atoms with Gasteiger partial charge in [0.25, 0.3) is 0 Å². The second kappa shape index (κ2) is 5.42. The number of nitrogens with zero attached hydrogens (tertiary/aromatic N) is 2. The highest BCUT2D eigenvalue weighted by atomic mass is 35.5. The van der Waals surface area contributed by atoms with E-state index in [9.17, 15) is 0 Å². The van der Waals surface area contributed by atoms with Crippen molar-refractivity contribution in [2.75, 3.05) is 0 Å². The van der Waals surface area contributed by atoms with Crippen LogP contribution in [0.2, 0.25) is 10.0 Å². The Balaban J connectivity index is 2.34. The molecule has 0 N–H and O–H groups in total. The van der Waals surface area contributed by atoms with Crippen LogP contribution in [0, 0.1) is 11.3 Å². The lowest BCUT2D eigenvalue weighted by Crippen LogP contribution is -1.85. The van der Waals surface area contributed by atoms with Gasteiger partial charge in [0.05, 0.1) is 10.6 Å². The second-order valence-electron chi connectivity index (χ2n) is 3.15. The highest BCUT2D eigenvalue weighted by molar-refractivity contribution is 7.99. The van der Waals surface area contributed by atoms with Crippen molar-refractivity contribution in [3.63, 3.8) is 0 Å². The minimum atomic E-state index is 0.375. The molecular formula is C12H6Cl2N2S. The van der Waals surface area contributed by atoms with E-state index in [2.05, 4.69) is 4.98 Å². The Labute approximate surface area is 113 Å². The summed E-state index contributed by atoms with van der Waals surface area (Å²) in [7, 11) is 0. The fraction of sp³-hybridized carbons (Fsp3) is 0. The molecule has 0 aliphatic carbocycles. The Morgan fingerprint density at radius 3 is 2.76 bits per heavy atom. The number of nitriles is 1. The Kier molecular flexibility index (Phi) is 3.90. The number of halogens is 2. The SMILES string of the molecule is N#Cc1ccnc(Sc2cccc(Cl)c2)c1Cl. The molecule has 1 aromatic heterocycles. The van der Waals surface area contributed by atoms with E-state index in [1.165, 1.54) is 11.8 Å². The summed E-state index contributed by atoms with van der Waals surface area (Å²) in [6.45, 7) is 0. The highest BCUT2D eigenvalue weighted by Crippen LogP contribution is 2.33. The van der Waals surface area contributed by atoms with E-state index >= 15 is 0 Å². The molecule has 0 saturated heterocycles. The van der Waals surface area contributed by atoms with Crippen LogP contribution in [0.3, 0.4) is 0 Å². The first-order valence-corrected chi connectivity index (χ1v) is 6.26. The van der Waals surface area contributed by atoms with Crippen LogP contribution in [0.15, 0.2) is 46.5 Å². The molecule has 0 radical (unpaired) electrons. The van der Waals surface area contributed by atoms with Crippen LogP contribution in [0.25, 0.3) is 0 Å². The minimum Gasteiger partial charge on any atom is -0.248 e. The largest absolute Gasteiger partial charge is 0.248 e. The maximum Gasteiger partial charge on any atom is 0.121 e. The third-order valence-corrected chi connectivity index (χ3v) is 3.71. The van der Waals surface area contributed by atoms with Crippen molar-refractivity contribution >= 4 is 35.0 Å². The molecule has 0 spiro atoms. The Hall–Kier alpha value is -1.21. The molecule has 0 atom stereocenters. The topological polar surface area (TPSA) is 36.7 Å². The smallest absolute Gasteiger partial charge is 0.121 e. The summed E-state index contributed by atoms with van der Waals surface area (Å²) in [4.78, 5) is 5.08. The summed E-state index contributed by atoms with van der Waals surface area (Å²) < 4.78 is 0. The van der Waals surface area contributed by atoms with Gasteiger partial charge in [-0.2, -0.15) is 5.26 Å². The monoisotopic (exact) mass is 280 g/mol. The van der Waals surface area contributed by atoms with E-state index < -0.39 is 0 Å². The first-order chi connectivity index (χ1) is 8.20. The number of rotatable bonds is 2. The lowest BCUT2D eigenvalue weighted by atomic mass is 10.3. The molecule has 0 unspecified atom stereocenters. The molecule has 0 saturated carbocycles. The van der Waals surface area contributed by atoms with Crippen molar-refractivity contribution in [3.8, 4) is 6.07 Å². The van der Waals surface area contributed by atoms with Gasteiger partial charge in [-0.25, -0.2) is 4.98 Å². The summed E-state index contributed by atoms with van der Waals surface area (Å²) in [6, 6.07) is 11.0. The van der Waals surface area contributed by atoms with Gasteiger partial charge in [0, 0.05) is 16.1 Å². The van der Waals surface area contributed by atoms with Crippen LogP contribution in [-0.2, 0) is 0 Å².